The second kappa shape index (κ2) is 5.26. The molecular formula is C6H3F11O2. The molecule has 13 heteroatoms. The van der Waals surface area contributed by atoms with Gasteiger partial charge in [-0.1, -0.05) is 0 Å². The maximum Gasteiger partial charge on any atom is 0.460 e. The smallest absolute Gasteiger partial charge is 0.245 e. The lowest BCUT2D eigenvalue weighted by Gasteiger charge is -2.32. The molecule has 0 aliphatic heterocycles. The summed E-state index contributed by atoms with van der Waals surface area (Å²) in [7, 11) is 0. The third kappa shape index (κ3) is 3.38. The van der Waals surface area contributed by atoms with Crippen molar-refractivity contribution in [1.82, 2.24) is 0 Å². The molecule has 1 unspecified atom stereocenters. The Balaban J connectivity index is 5.17. The van der Waals surface area contributed by atoms with Gasteiger partial charge in [0.15, 0.2) is 0 Å². The van der Waals surface area contributed by atoms with Crippen molar-refractivity contribution in [2.45, 2.75) is 30.5 Å². The first-order valence-electron chi connectivity index (χ1n) is 3.95. The van der Waals surface area contributed by atoms with Crippen LogP contribution in [-0.4, -0.2) is 37.2 Å². The summed E-state index contributed by atoms with van der Waals surface area (Å²) in [6.45, 7) is -2.20. The van der Waals surface area contributed by atoms with E-state index in [1.165, 1.54) is 0 Å². The van der Waals surface area contributed by atoms with Gasteiger partial charge in [-0.3, -0.25) is 0 Å². The molecule has 0 rings (SSSR count). The van der Waals surface area contributed by atoms with Crippen LogP contribution in [0.5, 0.6) is 0 Å². The van der Waals surface area contributed by atoms with E-state index in [0.29, 0.717) is 0 Å². The molecular weight excluding hydrogens is 313 g/mol. The maximum absolute atomic E-state index is 12.4. The molecule has 116 valence electrons. The van der Waals surface area contributed by atoms with Crippen LogP contribution in [0.25, 0.3) is 0 Å². The molecule has 0 spiro atoms. The number of halogens is 11. The van der Waals surface area contributed by atoms with Crippen LogP contribution in [0.1, 0.15) is 0 Å². The molecule has 0 saturated heterocycles. The minimum atomic E-state index is -7.20. The molecule has 0 bridgehead atoms. The lowest BCUT2D eigenvalue weighted by molar-refractivity contribution is -0.535. The summed E-state index contributed by atoms with van der Waals surface area (Å²) in [5, 5.41) is 0. The molecule has 1 atom stereocenters. The van der Waals surface area contributed by atoms with Crippen LogP contribution in [-0.2, 0) is 9.78 Å². The molecule has 0 aromatic carbocycles. The van der Waals surface area contributed by atoms with E-state index in [1.807, 2.05) is 0 Å². The number of rotatable bonds is 6. The third-order valence-electron chi connectivity index (χ3n) is 1.49. The third-order valence-corrected chi connectivity index (χ3v) is 1.49. The maximum atomic E-state index is 12.4. The summed E-state index contributed by atoms with van der Waals surface area (Å²) in [6.07, 6.45) is -17.0. The zero-order valence-corrected chi connectivity index (χ0v) is 8.26. The zero-order chi connectivity index (χ0) is 15.7. The fourth-order valence-electron chi connectivity index (χ4n) is 0.551. The fourth-order valence-corrected chi connectivity index (χ4v) is 0.551. The van der Waals surface area contributed by atoms with E-state index in [9.17, 15) is 48.3 Å². The highest BCUT2D eigenvalue weighted by molar-refractivity contribution is 4.96. The fraction of sp³-hybridized carbons (Fsp3) is 1.00. The number of hydrogen-bond acceptors (Lipinski definition) is 2. The molecule has 0 fully saturated rings. The molecule has 0 N–H and O–H groups in total. The highest BCUT2D eigenvalue weighted by atomic mass is 19.4. The molecule has 0 radical (unpaired) electrons. The molecule has 0 aliphatic carbocycles. The van der Waals surface area contributed by atoms with Gasteiger partial charge >= 0.3 is 24.1 Å². The Hall–Kier alpha value is -0.850. The molecule has 0 aliphatic rings. The van der Waals surface area contributed by atoms with Gasteiger partial charge in [0.1, 0.15) is 6.67 Å². The summed E-state index contributed by atoms with van der Waals surface area (Å²) in [5.74, 6) is -14.3. The van der Waals surface area contributed by atoms with Crippen LogP contribution in [0.3, 0.4) is 0 Å². The molecule has 0 saturated carbocycles. The monoisotopic (exact) mass is 316 g/mol. The van der Waals surface area contributed by atoms with Gasteiger partial charge in [0.25, 0.3) is 6.36 Å². The quantitative estimate of drug-likeness (QED) is 0.423. The SMILES string of the molecule is FCC(F)OOC(F)(F)C(F)(F)C(F)(F)C(F)(F)F. The number of hydrogen-bond donors (Lipinski definition) is 0. The first kappa shape index (κ1) is 18.1. The molecule has 2 nitrogen and oxygen atoms in total. The minimum Gasteiger partial charge on any atom is -0.245 e. The van der Waals surface area contributed by atoms with Gasteiger partial charge in [0.05, 0.1) is 0 Å². The summed E-state index contributed by atoms with van der Waals surface area (Å²) in [5.41, 5.74) is 0. The van der Waals surface area contributed by atoms with Gasteiger partial charge in [-0.25, -0.2) is 8.78 Å². The van der Waals surface area contributed by atoms with Gasteiger partial charge in [-0.05, 0) is 0 Å². The number of alkyl halides is 11. The second-order valence-electron chi connectivity index (χ2n) is 2.91. The average molecular weight is 316 g/mol. The van der Waals surface area contributed by atoms with Crippen molar-refractivity contribution in [2.75, 3.05) is 6.67 Å². The Kier molecular flexibility index (Phi) is 5.03. The van der Waals surface area contributed by atoms with Crippen molar-refractivity contribution >= 4 is 0 Å². The minimum absolute atomic E-state index is 2.15. The summed E-state index contributed by atoms with van der Waals surface area (Å²) in [4.78, 5) is 4.73. The Morgan fingerprint density at radius 3 is 1.53 bits per heavy atom. The van der Waals surface area contributed by atoms with Crippen LogP contribution >= 0.6 is 0 Å². The van der Waals surface area contributed by atoms with Crippen LogP contribution in [0, 0.1) is 0 Å². The van der Waals surface area contributed by atoms with E-state index in [4.69, 9.17) is 0 Å². The van der Waals surface area contributed by atoms with E-state index >= 15 is 0 Å². The molecule has 0 heterocycles. The Bertz CT molecular complexity index is 298. The van der Waals surface area contributed by atoms with Crippen molar-refractivity contribution in [3.63, 3.8) is 0 Å². The Morgan fingerprint density at radius 2 is 1.21 bits per heavy atom. The Morgan fingerprint density at radius 1 is 0.789 bits per heavy atom. The van der Waals surface area contributed by atoms with Gasteiger partial charge < -0.3 is 0 Å². The molecule has 19 heavy (non-hydrogen) atoms. The summed E-state index contributed by atoms with van der Waals surface area (Å²) in [6, 6.07) is 0. The van der Waals surface area contributed by atoms with E-state index in [2.05, 4.69) is 9.78 Å². The first-order chi connectivity index (χ1) is 8.20. The van der Waals surface area contributed by atoms with Crippen molar-refractivity contribution in [1.29, 1.82) is 0 Å². The van der Waals surface area contributed by atoms with Crippen molar-refractivity contribution in [2.24, 2.45) is 0 Å². The van der Waals surface area contributed by atoms with E-state index in [-0.39, 0.29) is 0 Å². The predicted octanol–water partition coefficient (Wildman–Crippen LogP) is 3.63. The summed E-state index contributed by atoms with van der Waals surface area (Å²) < 4.78 is 132. The second-order valence-corrected chi connectivity index (χ2v) is 2.91. The van der Waals surface area contributed by atoms with Crippen molar-refractivity contribution in [3.05, 3.63) is 0 Å². The van der Waals surface area contributed by atoms with Gasteiger partial charge in [0.2, 0.25) is 0 Å². The van der Waals surface area contributed by atoms with Gasteiger partial charge in [0, 0.05) is 0 Å². The zero-order valence-electron chi connectivity index (χ0n) is 8.26. The molecule has 0 aromatic heterocycles. The normalized spacial score (nSPS) is 16.6. The lowest BCUT2D eigenvalue weighted by atomic mass is 10.1. The van der Waals surface area contributed by atoms with E-state index in [1.54, 1.807) is 0 Å². The topological polar surface area (TPSA) is 18.5 Å². The molecule has 0 aromatic rings. The van der Waals surface area contributed by atoms with Crippen molar-refractivity contribution in [3.8, 4) is 0 Å². The largest absolute Gasteiger partial charge is 0.460 e. The first-order valence-corrected chi connectivity index (χ1v) is 3.95. The lowest BCUT2D eigenvalue weighted by Crippen LogP contribution is -2.61. The predicted molar refractivity (Wildman–Crippen MR) is 33.9 cm³/mol. The Labute approximate surface area is 96.5 Å². The van der Waals surface area contributed by atoms with Crippen LogP contribution in [0.2, 0.25) is 0 Å². The standard InChI is InChI=1S/C6H3F11O2/c7-1-2(8)18-19-6(16,17)4(11,12)3(9,10)5(13,14)15/h2H,1H2. The molecule has 0 amide bonds. The highest BCUT2D eigenvalue weighted by Crippen LogP contribution is 2.53. The highest BCUT2D eigenvalue weighted by Gasteiger charge is 2.83. The van der Waals surface area contributed by atoms with Crippen LogP contribution in [0.4, 0.5) is 48.3 Å². The average Bonchev–Trinajstić information content (AvgIpc) is 2.23. The van der Waals surface area contributed by atoms with Gasteiger partial charge in [-0.2, -0.15) is 49.3 Å². The van der Waals surface area contributed by atoms with Crippen LogP contribution < -0.4 is 0 Å². The van der Waals surface area contributed by atoms with Crippen molar-refractivity contribution < 1.29 is 58.1 Å². The van der Waals surface area contributed by atoms with Crippen LogP contribution in [0.15, 0.2) is 0 Å². The van der Waals surface area contributed by atoms with E-state index < -0.39 is 37.2 Å². The van der Waals surface area contributed by atoms with E-state index in [0.717, 1.165) is 0 Å². The summed E-state index contributed by atoms with van der Waals surface area (Å²) >= 11 is 0. The van der Waals surface area contributed by atoms with Gasteiger partial charge in [-0.15, -0.1) is 0 Å².